The third-order valence-electron chi connectivity index (χ3n) is 10.1. The van der Waals surface area contributed by atoms with Crippen LogP contribution in [0.5, 0.6) is 0 Å². The summed E-state index contributed by atoms with van der Waals surface area (Å²) in [5.41, 5.74) is -2.87. The highest BCUT2D eigenvalue weighted by atomic mass is 32.2. The van der Waals surface area contributed by atoms with Crippen molar-refractivity contribution in [3.8, 4) is 0 Å². The minimum atomic E-state index is -0.495. The zero-order chi connectivity index (χ0) is 34.0. The van der Waals surface area contributed by atoms with Crippen LogP contribution in [0.4, 0.5) is 11.9 Å². The smallest absolute Gasteiger partial charge is 0.231 e. The van der Waals surface area contributed by atoms with Gasteiger partial charge in [-0.1, -0.05) is 11.8 Å². The number of rotatable bonds is 8. The Bertz CT molecular complexity index is 1110. The molecular weight excluding hydrogens is 592 g/mol. The van der Waals surface area contributed by atoms with Crippen LogP contribution in [0, 0.1) is 0 Å². The predicted octanol–water partition coefficient (Wildman–Crippen LogP) is 5.41. The highest BCUT2D eigenvalue weighted by molar-refractivity contribution is 7.99. The highest BCUT2D eigenvalue weighted by Gasteiger charge is 2.52. The summed E-state index contributed by atoms with van der Waals surface area (Å²) in [6.45, 7) is 24.8. The number of nitrogens with one attached hydrogen (secondary N) is 1. The van der Waals surface area contributed by atoms with E-state index in [9.17, 15) is 20.7 Å². The van der Waals surface area contributed by atoms with Gasteiger partial charge in [0.05, 0.1) is 6.61 Å². The molecule has 5 N–H and O–H groups in total. The Morgan fingerprint density at radius 2 is 1.02 bits per heavy atom. The van der Waals surface area contributed by atoms with Gasteiger partial charge in [-0.15, -0.1) is 0 Å². The predicted molar refractivity (Wildman–Crippen MR) is 178 cm³/mol. The molecule has 0 radical (unpaired) electrons. The third-order valence-corrected chi connectivity index (χ3v) is 11.0. The molecule has 3 aliphatic rings. The van der Waals surface area contributed by atoms with E-state index in [-0.39, 0.29) is 24.7 Å². The fourth-order valence-corrected chi connectivity index (χ4v) is 9.31. The van der Waals surface area contributed by atoms with Gasteiger partial charge in [0, 0.05) is 57.1 Å². The van der Waals surface area contributed by atoms with Gasteiger partial charge in [-0.05, 0) is 122 Å². The van der Waals surface area contributed by atoms with E-state index in [2.05, 4.69) is 65.6 Å². The summed E-state index contributed by atoms with van der Waals surface area (Å²) in [7, 11) is 0. The van der Waals surface area contributed by atoms with Crippen molar-refractivity contribution in [3.05, 3.63) is 0 Å². The zero-order valence-electron chi connectivity index (χ0n) is 29.7. The van der Waals surface area contributed by atoms with E-state index in [1.165, 1.54) is 27.0 Å². The molecule has 0 aliphatic carbocycles. The molecule has 0 bridgehead atoms. The molecule has 13 heteroatoms. The van der Waals surface area contributed by atoms with Gasteiger partial charge in [-0.2, -0.15) is 30.1 Å². The third kappa shape index (κ3) is 7.56. The maximum Gasteiger partial charge on any atom is 0.231 e. The van der Waals surface area contributed by atoms with Crippen LogP contribution in [0.25, 0.3) is 0 Å². The fourth-order valence-electron chi connectivity index (χ4n) is 8.74. The average Bonchev–Trinajstić information content (AvgIpc) is 2.87. The number of hydrogen-bond acceptors (Lipinski definition) is 13. The first kappa shape index (κ1) is 36.5. The molecule has 12 nitrogen and oxygen atoms in total. The van der Waals surface area contributed by atoms with Gasteiger partial charge in [0.15, 0.2) is 5.16 Å². The van der Waals surface area contributed by atoms with Crippen molar-refractivity contribution in [1.29, 1.82) is 0 Å². The molecule has 0 atom stereocenters. The average molecular weight is 653 g/mol. The minimum Gasteiger partial charge on any atom is -0.396 e. The number of hydroxylamine groups is 6. The molecule has 3 saturated heterocycles. The molecule has 3 aliphatic heterocycles. The molecule has 1 aromatic rings. The molecule has 3 fully saturated rings. The number of aliphatic hydroxyl groups is 1. The number of nitrogens with zero attached hydrogens (tertiary/aromatic N) is 7. The molecule has 4 heterocycles. The van der Waals surface area contributed by atoms with Crippen LogP contribution in [-0.2, 0) is 0 Å². The second kappa shape index (κ2) is 12.3. The van der Waals surface area contributed by atoms with Crippen LogP contribution in [0.1, 0.15) is 122 Å². The van der Waals surface area contributed by atoms with Crippen LogP contribution in [0.3, 0.4) is 0 Å². The van der Waals surface area contributed by atoms with Crippen molar-refractivity contribution in [2.24, 2.45) is 0 Å². The SMILES string of the molecule is CC1(C)CC(Nc2nc(SCCO)nc(N(C3CC(C)(C)N(O)C(C)(C)C3)C3CC(C)(C)N(O)C(C)(C)C3)n2)CC(C)(C)N1O. The zero-order valence-corrected chi connectivity index (χ0v) is 30.5. The van der Waals surface area contributed by atoms with Gasteiger partial charge >= 0.3 is 0 Å². The Hall–Kier alpha value is -1.32. The van der Waals surface area contributed by atoms with Crippen molar-refractivity contribution in [2.45, 2.75) is 178 Å². The minimum absolute atomic E-state index is 0.00155. The van der Waals surface area contributed by atoms with E-state index in [0.29, 0.717) is 61.3 Å². The van der Waals surface area contributed by atoms with Gasteiger partial charge in [0.2, 0.25) is 11.9 Å². The van der Waals surface area contributed by atoms with Gasteiger partial charge in [0.1, 0.15) is 0 Å². The molecule has 1 aromatic heterocycles. The summed E-state index contributed by atoms with van der Waals surface area (Å²) < 4.78 is 0. The van der Waals surface area contributed by atoms with E-state index in [1.54, 1.807) is 0 Å². The number of aliphatic hydroxyl groups excluding tert-OH is 1. The maximum absolute atomic E-state index is 11.2. The molecule has 0 unspecified atom stereocenters. The quantitative estimate of drug-likeness (QED) is 0.229. The summed E-state index contributed by atoms with van der Waals surface area (Å²) in [6.07, 6.45) is 4.17. The van der Waals surface area contributed by atoms with Crippen molar-refractivity contribution < 1.29 is 20.7 Å². The second-order valence-corrected chi connectivity index (χ2v) is 18.5. The molecule has 0 spiro atoms. The van der Waals surface area contributed by atoms with E-state index in [1.807, 2.05) is 27.7 Å². The molecular formula is C32H60N8O4S. The normalized spacial score (nSPS) is 27.4. The van der Waals surface area contributed by atoms with Gasteiger partial charge < -0.3 is 30.9 Å². The Labute approximate surface area is 274 Å². The van der Waals surface area contributed by atoms with E-state index in [4.69, 9.17) is 15.0 Å². The Morgan fingerprint density at radius 3 is 1.40 bits per heavy atom. The summed E-state index contributed by atoms with van der Waals surface area (Å²) in [6, 6.07) is 0.0205. The highest BCUT2D eigenvalue weighted by Crippen LogP contribution is 2.45. The van der Waals surface area contributed by atoms with E-state index < -0.39 is 33.2 Å². The Morgan fingerprint density at radius 1 is 0.644 bits per heavy atom. The molecule has 0 saturated carbocycles. The lowest BCUT2D eigenvalue weighted by Crippen LogP contribution is -2.67. The van der Waals surface area contributed by atoms with Crippen molar-refractivity contribution in [1.82, 2.24) is 30.1 Å². The number of anilines is 2. The van der Waals surface area contributed by atoms with E-state index >= 15 is 0 Å². The summed E-state index contributed by atoms with van der Waals surface area (Å²) >= 11 is 1.40. The number of hydrogen-bond donors (Lipinski definition) is 5. The fraction of sp³-hybridized carbons (Fsp3) is 0.906. The first-order valence-corrected chi connectivity index (χ1v) is 17.4. The molecule has 0 aromatic carbocycles. The van der Waals surface area contributed by atoms with E-state index in [0.717, 1.165) is 0 Å². The number of thioether (sulfide) groups is 1. The lowest BCUT2D eigenvalue weighted by Gasteiger charge is -2.58. The van der Waals surface area contributed by atoms with Crippen LogP contribution in [0.2, 0.25) is 0 Å². The summed E-state index contributed by atoms with van der Waals surface area (Å²) in [5, 5.41) is 51.6. The maximum atomic E-state index is 11.2. The van der Waals surface area contributed by atoms with Crippen LogP contribution in [0.15, 0.2) is 5.16 Å². The first-order chi connectivity index (χ1) is 20.4. The molecule has 258 valence electrons. The lowest BCUT2D eigenvalue weighted by atomic mass is 9.75. The monoisotopic (exact) mass is 652 g/mol. The Balaban J connectivity index is 1.82. The summed E-state index contributed by atoms with van der Waals surface area (Å²) in [4.78, 5) is 17.3. The largest absolute Gasteiger partial charge is 0.396 e. The Kier molecular flexibility index (Phi) is 9.97. The molecule has 0 amide bonds. The van der Waals surface area contributed by atoms with Gasteiger partial charge in [0.25, 0.3) is 0 Å². The summed E-state index contributed by atoms with van der Waals surface area (Å²) in [5.74, 6) is 1.50. The van der Waals surface area contributed by atoms with Crippen molar-refractivity contribution in [2.75, 3.05) is 22.6 Å². The van der Waals surface area contributed by atoms with Crippen LogP contribution >= 0.6 is 11.8 Å². The van der Waals surface area contributed by atoms with Crippen LogP contribution < -0.4 is 10.2 Å². The van der Waals surface area contributed by atoms with Crippen LogP contribution in [-0.4, -0.2) is 115 Å². The van der Waals surface area contributed by atoms with Gasteiger partial charge in [-0.25, -0.2) is 0 Å². The topological polar surface area (TPSA) is 145 Å². The number of piperidine rings is 3. The number of aromatic nitrogens is 3. The molecule has 4 rings (SSSR count). The standard InChI is InChI=1S/C32H60N8O4S/c1-27(2)15-21(16-28(3,4)38(27)42)33-24-34-25(36-26(35-24)45-14-13-41)37(22-17-29(5,6)39(43)30(7,8)18-22)23-19-31(9,10)40(44)32(11,12)20-23/h21-23,41-44H,13-20H2,1-12H3,(H,33,34,35,36). The van der Waals surface area contributed by atoms with Crippen molar-refractivity contribution in [3.63, 3.8) is 0 Å². The van der Waals surface area contributed by atoms with Gasteiger partial charge in [-0.3, -0.25) is 0 Å². The molecule has 45 heavy (non-hydrogen) atoms. The lowest BCUT2D eigenvalue weighted by molar-refractivity contribution is -0.251. The second-order valence-electron chi connectivity index (χ2n) is 17.4. The van der Waals surface area contributed by atoms with Crippen molar-refractivity contribution >= 4 is 23.7 Å². The first-order valence-electron chi connectivity index (χ1n) is 16.4.